The van der Waals surface area contributed by atoms with E-state index >= 15 is 0 Å². The highest BCUT2D eigenvalue weighted by atomic mass is 16.6. The van der Waals surface area contributed by atoms with E-state index in [-0.39, 0.29) is 23.1 Å². The van der Waals surface area contributed by atoms with Crippen LogP contribution in [0.3, 0.4) is 0 Å². The smallest absolute Gasteiger partial charge is 0.410 e. The molecule has 1 saturated heterocycles. The maximum atomic E-state index is 12.5. The Kier molecular flexibility index (Phi) is 3.83. The van der Waals surface area contributed by atoms with Crippen molar-refractivity contribution in [2.24, 2.45) is 11.1 Å². The fraction of sp³-hybridized carbons (Fsp3) is 0.938. The summed E-state index contributed by atoms with van der Waals surface area (Å²) in [7, 11) is 0. The SMILES string of the molecule is CC1(C)CCC(CC2(N)CC2)N(C(=O)OC(C)(C)C)C1. The van der Waals surface area contributed by atoms with Crippen molar-refractivity contribution in [1.82, 2.24) is 4.90 Å². The molecule has 0 bridgehead atoms. The van der Waals surface area contributed by atoms with E-state index < -0.39 is 5.60 Å². The maximum absolute atomic E-state index is 12.5. The lowest BCUT2D eigenvalue weighted by atomic mass is 9.80. The Morgan fingerprint density at radius 1 is 1.30 bits per heavy atom. The third-order valence-corrected chi connectivity index (χ3v) is 4.36. The topological polar surface area (TPSA) is 55.6 Å². The molecule has 4 nitrogen and oxygen atoms in total. The molecule has 0 radical (unpaired) electrons. The predicted octanol–water partition coefficient (Wildman–Crippen LogP) is 3.29. The van der Waals surface area contributed by atoms with Gasteiger partial charge in [-0.15, -0.1) is 0 Å². The Balaban J connectivity index is 2.07. The van der Waals surface area contributed by atoms with E-state index in [4.69, 9.17) is 10.5 Å². The fourth-order valence-corrected chi connectivity index (χ4v) is 2.96. The van der Waals surface area contributed by atoms with Crippen LogP contribution in [0.5, 0.6) is 0 Å². The second kappa shape index (κ2) is 4.90. The van der Waals surface area contributed by atoms with Gasteiger partial charge in [-0.3, -0.25) is 0 Å². The van der Waals surface area contributed by atoms with Crippen molar-refractivity contribution in [2.75, 3.05) is 6.54 Å². The van der Waals surface area contributed by atoms with Gasteiger partial charge in [0.25, 0.3) is 0 Å². The van der Waals surface area contributed by atoms with E-state index in [1.165, 1.54) is 0 Å². The molecule has 0 aromatic heterocycles. The third-order valence-electron chi connectivity index (χ3n) is 4.36. The maximum Gasteiger partial charge on any atom is 0.410 e. The molecular formula is C16H30N2O2. The second-order valence-electron chi connectivity index (χ2n) is 8.53. The zero-order chi connectivity index (χ0) is 15.2. The third kappa shape index (κ3) is 4.11. The summed E-state index contributed by atoms with van der Waals surface area (Å²) in [4.78, 5) is 14.4. The summed E-state index contributed by atoms with van der Waals surface area (Å²) >= 11 is 0. The summed E-state index contributed by atoms with van der Waals surface area (Å²) in [6, 6.07) is 0.241. The highest BCUT2D eigenvalue weighted by Gasteiger charge is 2.45. The standard InChI is InChI=1S/C16H30N2O2/c1-14(2,3)20-13(19)18-11-15(4,5)7-6-12(18)10-16(17)8-9-16/h12H,6-11,17H2,1-5H3. The van der Waals surface area contributed by atoms with Crippen molar-refractivity contribution in [2.45, 2.75) is 83.9 Å². The van der Waals surface area contributed by atoms with Crippen LogP contribution in [0.2, 0.25) is 0 Å². The van der Waals surface area contributed by atoms with Gasteiger partial charge in [0, 0.05) is 18.1 Å². The average molecular weight is 282 g/mol. The minimum atomic E-state index is -0.441. The summed E-state index contributed by atoms with van der Waals surface area (Å²) in [6.45, 7) is 11.0. The van der Waals surface area contributed by atoms with Crippen molar-refractivity contribution in [1.29, 1.82) is 0 Å². The van der Waals surface area contributed by atoms with E-state index in [2.05, 4.69) is 13.8 Å². The largest absolute Gasteiger partial charge is 0.444 e. The summed E-state index contributed by atoms with van der Waals surface area (Å²) in [5.41, 5.74) is 5.96. The zero-order valence-corrected chi connectivity index (χ0v) is 13.7. The van der Waals surface area contributed by atoms with Crippen molar-refractivity contribution in [3.05, 3.63) is 0 Å². The quantitative estimate of drug-likeness (QED) is 0.845. The van der Waals surface area contributed by atoms with Gasteiger partial charge in [-0.25, -0.2) is 4.79 Å². The van der Waals surface area contributed by atoms with Crippen molar-refractivity contribution >= 4 is 6.09 Å². The van der Waals surface area contributed by atoms with Crippen LogP contribution in [0, 0.1) is 5.41 Å². The summed E-state index contributed by atoms with van der Waals surface area (Å²) in [5, 5.41) is 0. The van der Waals surface area contributed by atoms with Crippen LogP contribution < -0.4 is 5.73 Å². The number of ether oxygens (including phenoxy) is 1. The van der Waals surface area contributed by atoms with Crippen molar-refractivity contribution in [3.63, 3.8) is 0 Å². The Hall–Kier alpha value is -0.770. The fourth-order valence-electron chi connectivity index (χ4n) is 2.96. The van der Waals surface area contributed by atoms with Gasteiger partial charge in [0.2, 0.25) is 0 Å². The number of likely N-dealkylation sites (tertiary alicyclic amines) is 1. The Morgan fingerprint density at radius 3 is 2.40 bits per heavy atom. The number of nitrogens with zero attached hydrogens (tertiary/aromatic N) is 1. The molecule has 0 spiro atoms. The highest BCUT2D eigenvalue weighted by molar-refractivity contribution is 5.68. The van der Waals surface area contributed by atoms with Gasteiger partial charge in [0.1, 0.15) is 5.60 Å². The van der Waals surface area contributed by atoms with Crippen LogP contribution in [-0.2, 0) is 4.74 Å². The number of rotatable bonds is 2. The van der Waals surface area contributed by atoms with E-state index in [1.807, 2.05) is 25.7 Å². The molecule has 1 atom stereocenters. The predicted molar refractivity (Wildman–Crippen MR) is 80.5 cm³/mol. The van der Waals surface area contributed by atoms with Gasteiger partial charge >= 0.3 is 6.09 Å². The lowest BCUT2D eigenvalue weighted by molar-refractivity contribution is -0.0101. The molecule has 1 unspecified atom stereocenters. The van der Waals surface area contributed by atoms with Gasteiger partial charge in [0.05, 0.1) is 0 Å². The molecule has 20 heavy (non-hydrogen) atoms. The van der Waals surface area contributed by atoms with Crippen LogP contribution in [0.4, 0.5) is 4.79 Å². The summed E-state index contributed by atoms with van der Waals surface area (Å²) in [6.07, 6.45) is 5.10. The van der Waals surface area contributed by atoms with Gasteiger partial charge in [0.15, 0.2) is 0 Å². The molecule has 1 amide bonds. The molecule has 4 heteroatoms. The normalized spacial score (nSPS) is 28.1. The monoisotopic (exact) mass is 282 g/mol. The number of nitrogens with two attached hydrogens (primary N) is 1. The van der Waals surface area contributed by atoms with E-state index in [0.29, 0.717) is 0 Å². The second-order valence-corrected chi connectivity index (χ2v) is 8.53. The molecule has 2 N–H and O–H groups in total. The van der Waals surface area contributed by atoms with E-state index in [1.54, 1.807) is 0 Å². The molecular weight excluding hydrogens is 252 g/mol. The summed E-state index contributed by atoms with van der Waals surface area (Å²) < 4.78 is 5.58. The number of hydrogen-bond acceptors (Lipinski definition) is 3. The molecule has 1 heterocycles. The molecule has 2 fully saturated rings. The number of carbonyl (C=O) groups excluding carboxylic acids is 1. The molecule has 0 aromatic rings. The number of piperidine rings is 1. The highest BCUT2D eigenvalue weighted by Crippen LogP contribution is 2.42. The lowest BCUT2D eigenvalue weighted by Crippen LogP contribution is -2.53. The first-order valence-electron chi connectivity index (χ1n) is 7.78. The van der Waals surface area contributed by atoms with E-state index in [0.717, 1.165) is 38.6 Å². The zero-order valence-electron chi connectivity index (χ0n) is 13.7. The minimum absolute atomic E-state index is 0.0214. The first kappa shape index (κ1) is 15.6. The van der Waals surface area contributed by atoms with Gasteiger partial charge in [-0.2, -0.15) is 0 Å². The molecule has 2 aliphatic rings. The molecule has 1 saturated carbocycles. The molecule has 1 aliphatic heterocycles. The molecule has 0 aromatic carbocycles. The number of carbonyl (C=O) groups is 1. The van der Waals surface area contributed by atoms with Crippen LogP contribution in [0.25, 0.3) is 0 Å². The molecule has 1 aliphatic carbocycles. The summed E-state index contributed by atoms with van der Waals surface area (Å²) in [5.74, 6) is 0. The van der Waals surface area contributed by atoms with Gasteiger partial charge in [-0.05, 0) is 58.3 Å². The van der Waals surface area contributed by atoms with Crippen LogP contribution in [-0.4, -0.2) is 34.7 Å². The Bertz CT molecular complexity index is 380. The lowest BCUT2D eigenvalue weighted by Gasteiger charge is -2.44. The van der Waals surface area contributed by atoms with Crippen LogP contribution >= 0.6 is 0 Å². The Labute approximate surface area is 123 Å². The van der Waals surface area contributed by atoms with Crippen molar-refractivity contribution in [3.8, 4) is 0 Å². The van der Waals surface area contributed by atoms with Crippen LogP contribution in [0.15, 0.2) is 0 Å². The average Bonchev–Trinajstić information content (AvgIpc) is 2.96. The molecule has 2 rings (SSSR count). The first-order chi connectivity index (χ1) is 9.00. The number of hydrogen-bond donors (Lipinski definition) is 1. The molecule has 116 valence electrons. The van der Waals surface area contributed by atoms with Crippen molar-refractivity contribution < 1.29 is 9.53 Å². The van der Waals surface area contributed by atoms with Crippen LogP contribution in [0.1, 0.15) is 66.7 Å². The first-order valence-corrected chi connectivity index (χ1v) is 7.78. The van der Waals surface area contributed by atoms with Gasteiger partial charge in [-0.1, -0.05) is 13.8 Å². The van der Waals surface area contributed by atoms with E-state index in [9.17, 15) is 4.79 Å². The van der Waals surface area contributed by atoms with Gasteiger partial charge < -0.3 is 15.4 Å². The Morgan fingerprint density at radius 2 is 1.90 bits per heavy atom. The minimum Gasteiger partial charge on any atom is -0.444 e. The number of amides is 1.